The summed E-state index contributed by atoms with van der Waals surface area (Å²) in [4.78, 5) is 18.6. The van der Waals surface area contributed by atoms with Crippen molar-refractivity contribution < 1.29 is 9.53 Å². The number of fused-ring (bicyclic) bond motifs is 1. The summed E-state index contributed by atoms with van der Waals surface area (Å²) in [5.41, 5.74) is 6.13. The first-order valence-corrected chi connectivity index (χ1v) is 14.1. The van der Waals surface area contributed by atoms with Crippen LogP contribution in [0.2, 0.25) is 5.02 Å². The Morgan fingerprint density at radius 2 is 1.85 bits per heavy atom. The van der Waals surface area contributed by atoms with Crippen molar-refractivity contribution >= 4 is 40.9 Å². The molecule has 2 heterocycles. The molecule has 1 amide bonds. The Morgan fingerprint density at radius 3 is 2.59 bits per heavy atom. The number of nitrogens with one attached hydrogen (secondary N) is 2. The van der Waals surface area contributed by atoms with Crippen molar-refractivity contribution in [3.05, 3.63) is 105 Å². The minimum absolute atomic E-state index is 0.195. The normalized spacial score (nSPS) is 14.5. The Morgan fingerprint density at radius 1 is 1.08 bits per heavy atom. The van der Waals surface area contributed by atoms with Gasteiger partial charge in [0.2, 0.25) is 11.1 Å². The average molecular weight is 560 g/mol. The molecule has 1 aliphatic heterocycles. The summed E-state index contributed by atoms with van der Waals surface area (Å²) in [5.74, 6) is 1.78. The fourth-order valence-corrected chi connectivity index (χ4v) is 5.66. The molecule has 0 aliphatic carbocycles. The summed E-state index contributed by atoms with van der Waals surface area (Å²) in [6.07, 6.45) is 0. The van der Waals surface area contributed by atoms with E-state index in [0.29, 0.717) is 34.1 Å². The van der Waals surface area contributed by atoms with Gasteiger partial charge in [0, 0.05) is 22.2 Å². The molecule has 7 nitrogen and oxygen atoms in total. The first-order chi connectivity index (χ1) is 18.9. The summed E-state index contributed by atoms with van der Waals surface area (Å²) in [6.45, 7) is 8.46. The molecule has 0 radical (unpaired) electrons. The van der Waals surface area contributed by atoms with Gasteiger partial charge in [-0.1, -0.05) is 65.8 Å². The van der Waals surface area contributed by atoms with Crippen LogP contribution in [-0.2, 0) is 10.5 Å². The van der Waals surface area contributed by atoms with Crippen LogP contribution in [0, 0.1) is 13.8 Å². The van der Waals surface area contributed by atoms with Gasteiger partial charge >= 0.3 is 0 Å². The molecule has 0 spiro atoms. The molecule has 0 saturated heterocycles. The lowest BCUT2D eigenvalue weighted by molar-refractivity contribution is -0.113. The van der Waals surface area contributed by atoms with E-state index in [1.807, 2.05) is 94.4 Å². The number of hydrogen-bond acceptors (Lipinski definition) is 6. The second kappa shape index (κ2) is 11.6. The van der Waals surface area contributed by atoms with Crippen LogP contribution in [0.25, 0.3) is 0 Å². The smallest absolute Gasteiger partial charge is 0.255 e. The van der Waals surface area contributed by atoms with Crippen LogP contribution >= 0.6 is 23.4 Å². The van der Waals surface area contributed by atoms with Crippen molar-refractivity contribution in [2.75, 3.05) is 17.2 Å². The summed E-state index contributed by atoms with van der Waals surface area (Å²) in [6, 6.07) is 20.9. The second-order valence-corrected chi connectivity index (χ2v) is 10.7. The van der Waals surface area contributed by atoms with Crippen LogP contribution in [-0.4, -0.2) is 27.3 Å². The van der Waals surface area contributed by atoms with Gasteiger partial charge in [-0.25, -0.2) is 4.68 Å². The predicted molar refractivity (Wildman–Crippen MR) is 158 cm³/mol. The fraction of sp³-hybridized carbons (Fsp3) is 0.233. The number of halogens is 1. The summed E-state index contributed by atoms with van der Waals surface area (Å²) in [7, 11) is 0. The van der Waals surface area contributed by atoms with Crippen molar-refractivity contribution in [2.45, 2.75) is 44.6 Å². The Hall–Kier alpha value is -3.75. The highest BCUT2D eigenvalue weighted by Gasteiger charge is 2.34. The Bertz CT molecular complexity index is 1550. The summed E-state index contributed by atoms with van der Waals surface area (Å²) >= 11 is 7.86. The summed E-state index contributed by atoms with van der Waals surface area (Å²) in [5, 5.41) is 12.6. The Balaban J connectivity index is 1.50. The molecule has 1 aliphatic rings. The molecule has 3 aromatic carbocycles. The van der Waals surface area contributed by atoms with E-state index >= 15 is 0 Å². The van der Waals surface area contributed by atoms with Gasteiger partial charge in [-0.15, -0.1) is 5.10 Å². The fourth-order valence-electron chi connectivity index (χ4n) is 4.54. The van der Waals surface area contributed by atoms with Gasteiger partial charge in [0.05, 0.1) is 12.2 Å². The van der Waals surface area contributed by atoms with E-state index in [4.69, 9.17) is 26.4 Å². The first kappa shape index (κ1) is 26.8. The van der Waals surface area contributed by atoms with Gasteiger partial charge in [0.1, 0.15) is 11.8 Å². The zero-order chi connectivity index (χ0) is 27.5. The maximum atomic E-state index is 13.8. The molecule has 39 heavy (non-hydrogen) atoms. The number of benzene rings is 3. The van der Waals surface area contributed by atoms with Crippen LogP contribution in [0.5, 0.6) is 5.75 Å². The molecule has 1 unspecified atom stereocenters. The molecule has 0 bridgehead atoms. The third kappa shape index (κ3) is 5.67. The van der Waals surface area contributed by atoms with Crippen molar-refractivity contribution in [1.82, 2.24) is 14.8 Å². The van der Waals surface area contributed by atoms with E-state index < -0.39 is 6.04 Å². The van der Waals surface area contributed by atoms with Gasteiger partial charge < -0.3 is 15.4 Å². The molecule has 200 valence electrons. The van der Waals surface area contributed by atoms with Gasteiger partial charge in [0.15, 0.2) is 0 Å². The quantitative estimate of drug-likeness (QED) is 0.223. The van der Waals surface area contributed by atoms with Crippen molar-refractivity contribution in [3.63, 3.8) is 0 Å². The number of aromatic nitrogens is 3. The predicted octanol–water partition coefficient (Wildman–Crippen LogP) is 7.17. The molecule has 9 heteroatoms. The molecular formula is C30H30ClN5O2S. The molecule has 4 aromatic rings. The van der Waals surface area contributed by atoms with E-state index in [2.05, 4.69) is 10.6 Å². The number of nitrogens with zero attached hydrogens (tertiary/aromatic N) is 3. The van der Waals surface area contributed by atoms with Crippen molar-refractivity contribution in [2.24, 2.45) is 0 Å². The molecular weight excluding hydrogens is 530 g/mol. The Labute approximate surface area is 237 Å². The number of allylic oxidation sites excluding steroid dienone is 1. The van der Waals surface area contributed by atoms with E-state index in [1.165, 1.54) is 11.8 Å². The largest absolute Gasteiger partial charge is 0.494 e. The summed E-state index contributed by atoms with van der Waals surface area (Å²) < 4.78 is 7.44. The number of aryl methyl sites for hydroxylation is 1. The number of ether oxygens (including phenoxy) is 1. The van der Waals surface area contributed by atoms with E-state index in [0.717, 1.165) is 39.4 Å². The average Bonchev–Trinajstić information content (AvgIpc) is 3.33. The SMILES string of the molecule is CCOc1ccc(C2C(C(=O)Nc3cccc(C)c3C)=C(C)Nc3nc(SCc4ccccc4Cl)nn32)cc1. The lowest BCUT2D eigenvalue weighted by Gasteiger charge is -2.29. The monoisotopic (exact) mass is 559 g/mol. The van der Waals surface area contributed by atoms with Crippen molar-refractivity contribution in [1.29, 1.82) is 0 Å². The first-order valence-electron chi connectivity index (χ1n) is 12.8. The van der Waals surface area contributed by atoms with Crippen LogP contribution in [0.1, 0.15) is 42.1 Å². The second-order valence-electron chi connectivity index (χ2n) is 9.31. The van der Waals surface area contributed by atoms with Gasteiger partial charge in [0.25, 0.3) is 5.91 Å². The number of carbonyl (C=O) groups is 1. The maximum absolute atomic E-state index is 13.8. The highest BCUT2D eigenvalue weighted by Crippen LogP contribution is 2.38. The number of carbonyl (C=O) groups excluding carboxylic acids is 1. The molecule has 2 N–H and O–H groups in total. The van der Waals surface area contributed by atoms with Gasteiger partial charge in [-0.05, 0) is 74.2 Å². The third-order valence-corrected chi connectivity index (χ3v) is 8.01. The third-order valence-electron chi connectivity index (χ3n) is 6.75. The highest BCUT2D eigenvalue weighted by molar-refractivity contribution is 7.98. The number of thioether (sulfide) groups is 1. The van der Waals surface area contributed by atoms with Crippen molar-refractivity contribution in [3.8, 4) is 5.75 Å². The number of amides is 1. The van der Waals surface area contributed by atoms with Crippen LogP contribution in [0.15, 0.2) is 83.2 Å². The van der Waals surface area contributed by atoms with Crippen LogP contribution in [0.3, 0.4) is 0 Å². The zero-order valence-corrected chi connectivity index (χ0v) is 23.9. The van der Waals surface area contributed by atoms with E-state index in [-0.39, 0.29) is 5.91 Å². The number of rotatable bonds is 8. The lowest BCUT2D eigenvalue weighted by atomic mass is 9.94. The molecule has 1 aromatic heterocycles. The minimum Gasteiger partial charge on any atom is -0.494 e. The van der Waals surface area contributed by atoms with Gasteiger partial charge in [-0.3, -0.25) is 4.79 Å². The number of anilines is 2. The van der Waals surface area contributed by atoms with Crippen LogP contribution in [0.4, 0.5) is 11.6 Å². The van der Waals surface area contributed by atoms with Crippen LogP contribution < -0.4 is 15.4 Å². The zero-order valence-electron chi connectivity index (χ0n) is 22.3. The lowest BCUT2D eigenvalue weighted by Crippen LogP contribution is -2.31. The standard InChI is InChI=1S/C30H30ClN5O2S/c1-5-38-23-15-13-21(14-16-23)27-26(28(37)33-25-12-8-9-18(2)19(25)3)20(4)32-29-34-30(35-36(27)29)39-17-22-10-6-7-11-24(22)31/h6-16,27H,5,17H2,1-4H3,(H,33,37)(H,32,34,35). The Kier molecular flexibility index (Phi) is 7.95. The minimum atomic E-state index is -0.482. The topological polar surface area (TPSA) is 81.1 Å². The molecule has 0 saturated carbocycles. The molecule has 0 fully saturated rings. The molecule has 5 rings (SSSR count). The van der Waals surface area contributed by atoms with E-state index in [1.54, 1.807) is 4.68 Å². The highest BCUT2D eigenvalue weighted by atomic mass is 35.5. The molecule has 1 atom stereocenters. The van der Waals surface area contributed by atoms with E-state index in [9.17, 15) is 4.79 Å². The van der Waals surface area contributed by atoms with Gasteiger partial charge in [-0.2, -0.15) is 4.98 Å². The number of hydrogen-bond donors (Lipinski definition) is 2. The maximum Gasteiger partial charge on any atom is 0.255 e.